The van der Waals surface area contributed by atoms with Gasteiger partial charge in [-0.1, -0.05) is 0 Å². The number of nitrogens with zero attached hydrogens (tertiary/aromatic N) is 2. The number of rotatable bonds is 4. The highest BCUT2D eigenvalue weighted by molar-refractivity contribution is 7.89. The zero-order chi connectivity index (χ0) is 13.2. The van der Waals surface area contributed by atoms with Gasteiger partial charge in [-0.2, -0.15) is 5.10 Å². The van der Waals surface area contributed by atoms with E-state index in [1.54, 1.807) is 0 Å². The number of benzene rings is 1. The molecule has 96 valence electrons. The Kier molecular flexibility index (Phi) is 3.26. The summed E-state index contributed by atoms with van der Waals surface area (Å²) in [4.78, 5) is 3.28. The molecule has 7 nitrogen and oxygen atoms in total. The SMILES string of the molecule is Nc1ccc(S(=O)(=O)NCc2ncn[nH]2)c(F)c1. The summed E-state index contributed by atoms with van der Waals surface area (Å²) in [5, 5.41) is 6.05. The molecule has 1 heterocycles. The number of aromatic amines is 1. The van der Waals surface area contributed by atoms with Crippen molar-refractivity contribution >= 4 is 15.7 Å². The third-order valence-electron chi connectivity index (χ3n) is 2.14. The fourth-order valence-electron chi connectivity index (χ4n) is 1.29. The van der Waals surface area contributed by atoms with Crippen LogP contribution in [0.1, 0.15) is 5.82 Å². The van der Waals surface area contributed by atoms with Crippen molar-refractivity contribution in [2.75, 3.05) is 5.73 Å². The lowest BCUT2D eigenvalue weighted by Crippen LogP contribution is -2.24. The summed E-state index contributed by atoms with van der Waals surface area (Å²) in [6.45, 7) is -0.105. The minimum Gasteiger partial charge on any atom is -0.399 e. The second-order valence-corrected chi connectivity index (χ2v) is 5.18. The van der Waals surface area contributed by atoms with Gasteiger partial charge in [0.15, 0.2) is 0 Å². The molecule has 18 heavy (non-hydrogen) atoms. The number of H-pyrrole nitrogens is 1. The average Bonchev–Trinajstić information content (AvgIpc) is 2.78. The molecule has 0 atom stereocenters. The molecule has 0 saturated carbocycles. The predicted molar refractivity (Wildman–Crippen MR) is 61.2 cm³/mol. The number of anilines is 1. The normalized spacial score (nSPS) is 11.6. The number of hydrogen-bond acceptors (Lipinski definition) is 5. The molecule has 0 aliphatic rings. The van der Waals surface area contributed by atoms with Gasteiger partial charge >= 0.3 is 0 Å². The molecule has 4 N–H and O–H groups in total. The predicted octanol–water partition coefficient (Wildman–Crippen LogP) is 0.00450. The van der Waals surface area contributed by atoms with Crippen LogP contribution in [-0.2, 0) is 16.6 Å². The maximum atomic E-state index is 13.5. The fraction of sp³-hybridized carbons (Fsp3) is 0.111. The smallest absolute Gasteiger partial charge is 0.243 e. The van der Waals surface area contributed by atoms with Gasteiger partial charge in [-0.3, -0.25) is 5.10 Å². The third kappa shape index (κ3) is 2.63. The largest absolute Gasteiger partial charge is 0.399 e. The number of nitrogen functional groups attached to an aromatic ring is 1. The highest BCUT2D eigenvalue weighted by Crippen LogP contribution is 2.16. The summed E-state index contributed by atoms with van der Waals surface area (Å²) < 4.78 is 39.3. The Morgan fingerprint density at radius 2 is 2.22 bits per heavy atom. The van der Waals surface area contributed by atoms with Gasteiger partial charge in [0.25, 0.3) is 0 Å². The van der Waals surface area contributed by atoms with Crippen LogP contribution in [0.2, 0.25) is 0 Å². The van der Waals surface area contributed by atoms with Gasteiger partial charge in [0.1, 0.15) is 22.9 Å². The topological polar surface area (TPSA) is 114 Å². The highest BCUT2D eigenvalue weighted by Gasteiger charge is 2.19. The molecule has 1 aromatic heterocycles. The zero-order valence-corrected chi connectivity index (χ0v) is 9.91. The molecule has 0 saturated heterocycles. The van der Waals surface area contributed by atoms with Crippen molar-refractivity contribution in [1.29, 1.82) is 0 Å². The summed E-state index contributed by atoms with van der Waals surface area (Å²) in [6.07, 6.45) is 1.24. The van der Waals surface area contributed by atoms with Crippen LogP contribution >= 0.6 is 0 Å². The van der Waals surface area contributed by atoms with Crippen molar-refractivity contribution in [2.45, 2.75) is 11.4 Å². The van der Waals surface area contributed by atoms with Crippen molar-refractivity contribution < 1.29 is 12.8 Å². The second-order valence-electron chi connectivity index (χ2n) is 3.45. The van der Waals surface area contributed by atoms with Gasteiger partial charge in [0.2, 0.25) is 10.0 Å². The molecular formula is C9H10FN5O2S. The lowest BCUT2D eigenvalue weighted by molar-refractivity contribution is 0.556. The summed E-state index contributed by atoms with van der Waals surface area (Å²) >= 11 is 0. The quantitative estimate of drug-likeness (QED) is 0.677. The number of hydrogen-bond donors (Lipinski definition) is 3. The summed E-state index contributed by atoms with van der Waals surface area (Å²) in [7, 11) is -3.95. The minimum absolute atomic E-state index is 0.105. The van der Waals surface area contributed by atoms with E-state index in [9.17, 15) is 12.8 Å². The Morgan fingerprint density at radius 3 is 2.83 bits per heavy atom. The van der Waals surface area contributed by atoms with E-state index < -0.39 is 20.7 Å². The zero-order valence-electron chi connectivity index (χ0n) is 9.09. The average molecular weight is 271 g/mol. The van der Waals surface area contributed by atoms with E-state index in [1.165, 1.54) is 12.4 Å². The van der Waals surface area contributed by atoms with Crippen molar-refractivity contribution in [3.05, 3.63) is 36.2 Å². The lowest BCUT2D eigenvalue weighted by atomic mass is 10.3. The molecule has 0 fully saturated rings. The van der Waals surface area contributed by atoms with Gasteiger partial charge in [-0.05, 0) is 18.2 Å². The molecule has 2 rings (SSSR count). The number of halogens is 1. The van der Waals surface area contributed by atoms with Crippen LogP contribution in [0.15, 0.2) is 29.4 Å². The number of nitrogens with two attached hydrogens (primary N) is 1. The summed E-state index contributed by atoms with van der Waals surface area (Å²) in [5.41, 5.74) is 5.50. The number of nitrogens with one attached hydrogen (secondary N) is 2. The molecule has 0 aliphatic heterocycles. The van der Waals surface area contributed by atoms with Crippen LogP contribution in [-0.4, -0.2) is 23.6 Å². The van der Waals surface area contributed by atoms with Crippen molar-refractivity contribution in [3.63, 3.8) is 0 Å². The van der Waals surface area contributed by atoms with Gasteiger partial charge in [-0.15, -0.1) is 0 Å². The minimum atomic E-state index is -3.95. The van der Waals surface area contributed by atoms with Crippen LogP contribution in [0.5, 0.6) is 0 Å². The first kappa shape index (κ1) is 12.5. The Balaban J connectivity index is 2.20. The van der Waals surface area contributed by atoms with Gasteiger partial charge < -0.3 is 5.73 Å². The Labute approximate surface area is 102 Å². The molecule has 1 aromatic carbocycles. The van der Waals surface area contributed by atoms with E-state index in [0.717, 1.165) is 12.1 Å². The first-order chi connectivity index (χ1) is 8.49. The standard InChI is InChI=1S/C9H10FN5O2S/c10-7-3-6(11)1-2-8(7)18(16,17)14-4-9-12-5-13-15-9/h1-3,5,14H,4,11H2,(H,12,13,15). The van der Waals surface area contributed by atoms with Gasteiger partial charge in [0, 0.05) is 5.69 Å². The van der Waals surface area contributed by atoms with Crippen molar-refractivity contribution in [3.8, 4) is 0 Å². The van der Waals surface area contributed by atoms with Crippen LogP contribution in [0.25, 0.3) is 0 Å². The molecule has 0 amide bonds. The van der Waals surface area contributed by atoms with Gasteiger partial charge in [-0.25, -0.2) is 22.5 Å². The fourth-order valence-corrected chi connectivity index (χ4v) is 2.34. The molecular weight excluding hydrogens is 261 g/mol. The van der Waals surface area contributed by atoms with E-state index in [1.807, 2.05) is 0 Å². The van der Waals surface area contributed by atoms with Crippen LogP contribution in [0.3, 0.4) is 0 Å². The molecule has 0 spiro atoms. The number of sulfonamides is 1. The van der Waals surface area contributed by atoms with E-state index >= 15 is 0 Å². The van der Waals surface area contributed by atoms with Crippen LogP contribution in [0.4, 0.5) is 10.1 Å². The summed E-state index contributed by atoms with van der Waals surface area (Å²) in [5.74, 6) is -0.575. The first-order valence-electron chi connectivity index (χ1n) is 4.88. The van der Waals surface area contributed by atoms with Crippen LogP contribution in [0, 0.1) is 5.82 Å². The molecule has 9 heteroatoms. The van der Waals surface area contributed by atoms with E-state index in [2.05, 4.69) is 19.9 Å². The maximum absolute atomic E-state index is 13.5. The second kappa shape index (κ2) is 4.70. The molecule has 0 radical (unpaired) electrons. The van der Waals surface area contributed by atoms with Gasteiger partial charge in [0.05, 0.1) is 6.54 Å². The van der Waals surface area contributed by atoms with E-state index in [4.69, 9.17) is 5.73 Å². The molecule has 2 aromatic rings. The first-order valence-corrected chi connectivity index (χ1v) is 6.36. The maximum Gasteiger partial charge on any atom is 0.243 e. The summed E-state index contributed by atoms with van der Waals surface area (Å²) in [6, 6.07) is 3.36. The monoisotopic (exact) mass is 271 g/mol. The molecule has 0 unspecified atom stereocenters. The van der Waals surface area contributed by atoms with Crippen LogP contribution < -0.4 is 10.5 Å². The third-order valence-corrected chi connectivity index (χ3v) is 3.57. The molecule has 0 aliphatic carbocycles. The number of aromatic nitrogens is 3. The van der Waals surface area contributed by atoms with E-state index in [0.29, 0.717) is 5.82 Å². The Hall–Kier alpha value is -2.00. The van der Waals surface area contributed by atoms with Crippen molar-refractivity contribution in [2.24, 2.45) is 0 Å². The van der Waals surface area contributed by atoms with E-state index in [-0.39, 0.29) is 12.2 Å². The highest BCUT2D eigenvalue weighted by atomic mass is 32.2. The lowest BCUT2D eigenvalue weighted by Gasteiger charge is -2.06. The van der Waals surface area contributed by atoms with Crippen molar-refractivity contribution in [1.82, 2.24) is 19.9 Å². The molecule has 0 bridgehead atoms. The Bertz CT molecular complexity index is 641. The Morgan fingerprint density at radius 1 is 1.44 bits per heavy atom.